The van der Waals surface area contributed by atoms with Crippen LogP contribution in [0.15, 0.2) is 24.3 Å². The molecule has 1 amide bonds. The highest BCUT2D eigenvalue weighted by Gasteiger charge is 2.30. The molecule has 1 aliphatic carbocycles. The summed E-state index contributed by atoms with van der Waals surface area (Å²) in [6.07, 6.45) is 2.36. The molecule has 0 aromatic heterocycles. The van der Waals surface area contributed by atoms with E-state index in [4.69, 9.17) is 4.74 Å². The first-order valence-corrected chi connectivity index (χ1v) is 8.05. The normalized spacial score (nSPS) is 19.7. The Labute approximate surface area is 144 Å². The number of ketones is 1. The van der Waals surface area contributed by atoms with E-state index in [2.05, 4.69) is 5.32 Å². The standard InChI is InChI=1S/C17H20N2O6/c1-25-17(22)13-4-2-12(3-5-13)16(21)18-10-15(20)11-6-8-14(9-7-11)19(23)24/h6-9,12-13H,2-5,10H2,1H3,(H,18,21). The van der Waals surface area contributed by atoms with E-state index >= 15 is 0 Å². The number of nitro groups is 1. The van der Waals surface area contributed by atoms with E-state index in [0.29, 0.717) is 31.2 Å². The average molecular weight is 348 g/mol. The summed E-state index contributed by atoms with van der Waals surface area (Å²) in [6, 6.07) is 5.24. The molecule has 0 aliphatic heterocycles. The molecule has 0 spiro atoms. The summed E-state index contributed by atoms with van der Waals surface area (Å²) < 4.78 is 4.71. The van der Waals surface area contributed by atoms with Gasteiger partial charge in [-0.3, -0.25) is 24.5 Å². The van der Waals surface area contributed by atoms with Crippen molar-refractivity contribution in [1.82, 2.24) is 5.32 Å². The van der Waals surface area contributed by atoms with Crippen LogP contribution in [0.4, 0.5) is 5.69 Å². The SMILES string of the molecule is COC(=O)C1CCC(C(=O)NCC(=O)c2ccc([N+](=O)[O-])cc2)CC1. The van der Waals surface area contributed by atoms with Gasteiger partial charge < -0.3 is 10.1 Å². The summed E-state index contributed by atoms with van der Waals surface area (Å²) in [5.74, 6) is -1.14. The van der Waals surface area contributed by atoms with Crippen LogP contribution in [-0.2, 0) is 14.3 Å². The largest absolute Gasteiger partial charge is 0.469 e. The van der Waals surface area contributed by atoms with Gasteiger partial charge >= 0.3 is 5.97 Å². The number of rotatable bonds is 6. The van der Waals surface area contributed by atoms with Gasteiger partial charge in [0.05, 0.1) is 24.5 Å². The number of methoxy groups -OCH3 is 1. The molecule has 134 valence electrons. The van der Waals surface area contributed by atoms with Crippen molar-refractivity contribution in [2.24, 2.45) is 11.8 Å². The highest BCUT2D eigenvalue weighted by Crippen LogP contribution is 2.29. The molecule has 0 saturated heterocycles. The molecule has 0 atom stereocenters. The summed E-state index contributed by atoms with van der Waals surface area (Å²) in [4.78, 5) is 45.7. The fourth-order valence-electron chi connectivity index (χ4n) is 2.94. The Morgan fingerprint density at radius 1 is 1.12 bits per heavy atom. The van der Waals surface area contributed by atoms with Gasteiger partial charge in [0.2, 0.25) is 5.91 Å². The number of esters is 1. The van der Waals surface area contributed by atoms with Crippen molar-refractivity contribution < 1.29 is 24.0 Å². The van der Waals surface area contributed by atoms with E-state index in [1.807, 2.05) is 0 Å². The van der Waals surface area contributed by atoms with E-state index in [1.54, 1.807) is 0 Å². The number of hydrogen-bond acceptors (Lipinski definition) is 6. The topological polar surface area (TPSA) is 116 Å². The zero-order chi connectivity index (χ0) is 18.4. The van der Waals surface area contributed by atoms with Gasteiger partial charge in [0.25, 0.3) is 5.69 Å². The highest BCUT2D eigenvalue weighted by atomic mass is 16.6. The summed E-state index contributed by atoms with van der Waals surface area (Å²) in [7, 11) is 1.35. The van der Waals surface area contributed by atoms with Gasteiger partial charge in [-0.1, -0.05) is 0 Å². The van der Waals surface area contributed by atoms with Crippen molar-refractivity contribution in [2.45, 2.75) is 25.7 Å². The molecule has 0 radical (unpaired) electrons. The summed E-state index contributed by atoms with van der Waals surface area (Å²) >= 11 is 0. The number of nitro benzene ring substituents is 1. The number of carbonyl (C=O) groups is 3. The van der Waals surface area contributed by atoms with Crippen LogP contribution >= 0.6 is 0 Å². The first kappa shape index (κ1) is 18.6. The summed E-state index contributed by atoms with van der Waals surface area (Å²) in [6.45, 7) is -0.159. The Morgan fingerprint density at radius 3 is 2.20 bits per heavy atom. The van der Waals surface area contributed by atoms with E-state index in [1.165, 1.54) is 31.4 Å². The minimum Gasteiger partial charge on any atom is -0.469 e. The lowest BCUT2D eigenvalue weighted by Gasteiger charge is -2.25. The monoisotopic (exact) mass is 348 g/mol. The Morgan fingerprint density at radius 2 is 1.68 bits per heavy atom. The molecule has 0 heterocycles. The number of carbonyl (C=O) groups excluding carboxylic acids is 3. The van der Waals surface area contributed by atoms with Gasteiger partial charge in [0, 0.05) is 23.6 Å². The van der Waals surface area contributed by atoms with Crippen molar-refractivity contribution in [1.29, 1.82) is 0 Å². The second kappa shape index (κ2) is 8.36. The Bertz CT molecular complexity index is 662. The van der Waals surface area contributed by atoms with Crippen molar-refractivity contribution in [3.8, 4) is 0 Å². The molecule has 25 heavy (non-hydrogen) atoms. The fourth-order valence-corrected chi connectivity index (χ4v) is 2.94. The van der Waals surface area contributed by atoms with Gasteiger partial charge in [0.1, 0.15) is 0 Å². The number of amides is 1. The third kappa shape index (κ3) is 4.85. The molecule has 1 aromatic rings. The lowest BCUT2D eigenvalue weighted by Crippen LogP contribution is -2.37. The predicted molar refractivity (Wildman–Crippen MR) is 87.9 cm³/mol. The zero-order valence-electron chi connectivity index (χ0n) is 13.9. The van der Waals surface area contributed by atoms with Gasteiger partial charge in [-0.15, -0.1) is 0 Å². The van der Waals surface area contributed by atoms with Crippen LogP contribution in [0.5, 0.6) is 0 Å². The maximum absolute atomic E-state index is 12.2. The fraction of sp³-hybridized carbons (Fsp3) is 0.471. The minimum absolute atomic E-state index is 0.0945. The number of hydrogen-bond donors (Lipinski definition) is 1. The molecular weight excluding hydrogens is 328 g/mol. The molecule has 1 fully saturated rings. The molecular formula is C17H20N2O6. The molecule has 1 N–H and O–H groups in total. The van der Waals surface area contributed by atoms with Gasteiger partial charge in [-0.25, -0.2) is 0 Å². The molecule has 1 aliphatic rings. The van der Waals surface area contributed by atoms with Crippen molar-refractivity contribution in [2.75, 3.05) is 13.7 Å². The van der Waals surface area contributed by atoms with Gasteiger partial charge in [0.15, 0.2) is 5.78 Å². The molecule has 0 unspecified atom stereocenters. The van der Waals surface area contributed by atoms with Crippen LogP contribution < -0.4 is 5.32 Å². The van der Waals surface area contributed by atoms with E-state index in [-0.39, 0.29) is 41.7 Å². The van der Waals surface area contributed by atoms with Crippen LogP contribution in [0.25, 0.3) is 0 Å². The Balaban J connectivity index is 1.81. The summed E-state index contributed by atoms with van der Waals surface area (Å²) in [5, 5.41) is 13.2. The lowest BCUT2D eigenvalue weighted by molar-refractivity contribution is -0.384. The molecule has 0 bridgehead atoms. The number of ether oxygens (including phenoxy) is 1. The Hall–Kier alpha value is -2.77. The Kier molecular flexibility index (Phi) is 6.21. The third-order valence-corrected chi connectivity index (χ3v) is 4.46. The molecule has 8 heteroatoms. The predicted octanol–water partition coefficient (Wildman–Crippen LogP) is 1.87. The van der Waals surface area contributed by atoms with Crippen molar-refractivity contribution in [3.05, 3.63) is 39.9 Å². The number of Topliss-reactive ketones (excluding diaryl/α,β-unsaturated/α-hetero) is 1. The maximum Gasteiger partial charge on any atom is 0.308 e. The lowest BCUT2D eigenvalue weighted by atomic mass is 9.81. The maximum atomic E-state index is 12.2. The molecule has 1 saturated carbocycles. The first-order chi connectivity index (χ1) is 11.9. The number of non-ortho nitro benzene ring substituents is 1. The quantitative estimate of drug-likeness (QED) is 0.363. The van der Waals surface area contributed by atoms with E-state index in [9.17, 15) is 24.5 Å². The number of benzene rings is 1. The van der Waals surface area contributed by atoms with Gasteiger partial charge in [-0.05, 0) is 37.8 Å². The van der Waals surface area contributed by atoms with Crippen LogP contribution in [-0.4, -0.2) is 36.2 Å². The van der Waals surface area contributed by atoms with E-state index in [0.717, 1.165) is 0 Å². The van der Waals surface area contributed by atoms with Crippen molar-refractivity contribution in [3.63, 3.8) is 0 Å². The van der Waals surface area contributed by atoms with E-state index < -0.39 is 4.92 Å². The number of nitrogens with zero attached hydrogens (tertiary/aromatic N) is 1. The smallest absolute Gasteiger partial charge is 0.308 e. The second-order valence-electron chi connectivity index (χ2n) is 6.02. The van der Waals surface area contributed by atoms with Crippen LogP contribution in [0, 0.1) is 22.0 Å². The van der Waals surface area contributed by atoms with Crippen LogP contribution in [0.1, 0.15) is 36.0 Å². The zero-order valence-corrected chi connectivity index (χ0v) is 13.9. The highest BCUT2D eigenvalue weighted by molar-refractivity contribution is 5.99. The average Bonchev–Trinajstić information content (AvgIpc) is 2.65. The molecule has 1 aromatic carbocycles. The number of nitrogens with one attached hydrogen (secondary N) is 1. The third-order valence-electron chi connectivity index (χ3n) is 4.46. The minimum atomic E-state index is -0.541. The molecule has 8 nitrogen and oxygen atoms in total. The van der Waals surface area contributed by atoms with Gasteiger partial charge in [-0.2, -0.15) is 0 Å². The van der Waals surface area contributed by atoms with Crippen LogP contribution in [0.3, 0.4) is 0 Å². The van der Waals surface area contributed by atoms with Crippen molar-refractivity contribution >= 4 is 23.3 Å². The second-order valence-corrected chi connectivity index (χ2v) is 6.02. The summed E-state index contributed by atoms with van der Waals surface area (Å²) in [5.41, 5.74) is 0.211. The molecule has 2 rings (SSSR count). The first-order valence-electron chi connectivity index (χ1n) is 8.05. The van der Waals surface area contributed by atoms with Crippen LogP contribution in [0.2, 0.25) is 0 Å².